The summed E-state index contributed by atoms with van der Waals surface area (Å²) in [4.78, 5) is -0.144. The van der Waals surface area contributed by atoms with Crippen molar-refractivity contribution in [3.8, 4) is 11.8 Å². The fraction of sp³-hybridized carbons (Fsp3) is 0.176. The van der Waals surface area contributed by atoms with Gasteiger partial charge in [-0.15, -0.1) is 11.3 Å². The van der Waals surface area contributed by atoms with Gasteiger partial charge in [0, 0.05) is 4.88 Å². The second kappa shape index (κ2) is 7.68. The van der Waals surface area contributed by atoms with Gasteiger partial charge in [-0.3, -0.25) is 0 Å². The van der Waals surface area contributed by atoms with Crippen LogP contribution in [0.3, 0.4) is 0 Å². The first kappa shape index (κ1) is 22.3. The number of rotatable bonds is 3. The number of alkyl halides is 6. The Morgan fingerprint density at radius 3 is 2.17 bits per heavy atom. The van der Waals surface area contributed by atoms with Gasteiger partial charge in [0.1, 0.15) is 23.5 Å². The van der Waals surface area contributed by atoms with Crippen LogP contribution in [0.4, 0.5) is 32.2 Å². The van der Waals surface area contributed by atoms with Crippen LogP contribution < -0.4 is 5.73 Å². The van der Waals surface area contributed by atoms with Crippen LogP contribution in [0.5, 0.6) is 0 Å². The van der Waals surface area contributed by atoms with E-state index in [1.165, 1.54) is 17.5 Å². The van der Waals surface area contributed by atoms with E-state index < -0.39 is 51.0 Å². The summed E-state index contributed by atoms with van der Waals surface area (Å²) in [7, 11) is 0. The van der Waals surface area contributed by atoms with Crippen molar-refractivity contribution in [2.24, 2.45) is 0 Å². The highest BCUT2D eigenvalue weighted by atomic mass is 35.5. The van der Waals surface area contributed by atoms with E-state index in [1.807, 2.05) is 0 Å². The molecule has 1 unspecified atom stereocenters. The Hall–Kier alpha value is -2.42. The van der Waals surface area contributed by atoms with E-state index in [-0.39, 0.29) is 10.6 Å². The van der Waals surface area contributed by atoms with Crippen LogP contribution in [-0.2, 0) is 6.18 Å². The van der Waals surface area contributed by atoms with Crippen molar-refractivity contribution >= 4 is 40.4 Å². The van der Waals surface area contributed by atoms with E-state index in [0.29, 0.717) is 16.8 Å². The number of halogens is 8. The SMILES string of the molecule is N#Cc1nn(-c2c(Cl)cc(C(F)(F)F)cc2Cl)c(N)c1C(c1cccs1)C(F)(F)F. The number of hydrogen-bond donors (Lipinski definition) is 1. The van der Waals surface area contributed by atoms with E-state index >= 15 is 0 Å². The van der Waals surface area contributed by atoms with Gasteiger partial charge in [-0.1, -0.05) is 29.3 Å². The summed E-state index contributed by atoms with van der Waals surface area (Å²) >= 11 is 12.6. The zero-order chi connectivity index (χ0) is 22.4. The van der Waals surface area contributed by atoms with Crippen molar-refractivity contribution in [1.29, 1.82) is 5.26 Å². The molecule has 0 saturated carbocycles. The van der Waals surface area contributed by atoms with E-state index in [0.717, 1.165) is 11.3 Å². The summed E-state index contributed by atoms with van der Waals surface area (Å²) in [6.07, 6.45) is -9.59. The maximum Gasteiger partial charge on any atom is 0.416 e. The van der Waals surface area contributed by atoms with Crippen molar-refractivity contribution in [1.82, 2.24) is 9.78 Å². The van der Waals surface area contributed by atoms with Crippen LogP contribution in [-0.4, -0.2) is 16.0 Å². The number of hydrogen-bond acceptors (Lipinski definition) is 4. The van der Waals surface area contributed by atoms with Gasteiger partial charge in [0.05, 0.1) is 21.2 Å². The molecule has 0 saturated heterocycles. The second-order valence-corrected chi connectivity index (χ2v) is 7.74. The standard InChI is InChI=1S/C17H8Cl2F6N4S/c18-8-4-7(16(20,21)22)5-9(19)14(8)29-15(27)12(10(6-26)28-29)13(17(23,24)25)11-2-1-3-30-11/h1-5,13H,27H2. The summed E-state index contributed by atoms with van der Waals surface area (Å²) in [5, 5.41) is 13.4. The number of nitrogen functional groups attached to an aromatic ring is 1. The van der Waals surface area contributed by atoms with Crippen LogP contribution in [0.1, 0.15) is 27.6 Å². The fourth-order valence-electron chi connectivity index (χ4n) is 2.84. The molecule has 0 amide bonds. The van der Waals surface area contributed by atoms with Crippen molar-refractivity contribution in [3.05, 3.63) is 61.4 Å². The van der Waals surface area contributed by atoms with Gasteiger partial charge in [-0.05, 0) is 23.6 Å². The average Bonchev–Trinajstić information content (AvgIpc) is 3.23. The highest BCUT2D eigenvalue weighted by molar-refractivity contribution is 7.10. The number of benzene rings is 1. The van der Waals surface area contributed by atoms with Crippen molar-refractivity contribution < 1.29 is 26.3 Å². The van der Waals surface area contributed by atoms with Crippen LogP contribution in [0, 0.1) is 11.3 Å². The predicted octanol–water partition coefficient (Wildman–Crippen LogP) is 6.41. The molecule has 2 N–H and O–H groups in total. The summed E-state index contributed by atoms with van der Waals surface area (Å²) < 4.78 is 81.0. The lowest BCUT2D eigenvalue weighted by atomic mass is 9.96. The minimum atomic E-state index is -4.83. The molecule has 0 aliphatic rings. The number of anilines is 1. The molecule has 0 fully saturated rings. The Labute approximate surface area is 179 Å². The maximum atomic E-state index is 13.8. The van der Waals surface area contributed by atoms with Crippen LogP contribution in [0.15, 0.2) is 29.6 Å². The molecule has 1 aromatic carbocycles. The zero-order valence-corrected chi connectivity index (χ0v) is 16.6. The number of nitriles is 1. The van der Waals surface area contributed by atoms with E-state index in [9.17, 15) is 31.6 Å². The fourth-order valence-corrected chi connectivity index (χ4v) is 4.34. The van der Waals surface area contributed by atoms with Gasteiger partial charge in [0.15, 0.2) is 5.69 Å². The molecule has 30 heavy (non-hydrogen) atoms. The molecule has 0 bridgehead atoms. The molecule has 13 heteroatoms. The second-order valence-electron chi connectivity index (χ2n) is 5.95. The third kappa shape index (κ3) is 3.95. The van der Waals surface area contributed by atoms with Crippen molar-refractivity contribution in [2.75, 3.05) is 5.73 Å². The molecule has 3 rings (SSSR count). The van der Waals surface area contributed by atoms with Gasteiger partial charge in [0.25, 0.3) is 0 Å². The lowest BCUT2D eigenvalue weighted by molar-refractivity contribution is -0.140. The first-order valence-electron chi connectivity index (χ1n) is 7.81. The highest BCUT2D eigenvalue weighted by Gasteiger charge is 2.46. The minimum absolute atomic E-state index is 0.144. The number of nitrogens with two attached hydrogens (primary N) is 1. The summed E-state index contributed by atoms with van der Waals surface area (Å²) in [5.41, 5.74) is 3.05. The van der Waals surface area contributed by atoms with E-state index in [4.69, 9.17) is 28.9 Å². The molecular formula is C17H8Cl2F6N4S. The largest absolute Gasteiger partial charge is 0.416 e. The first-order valence-corrected chi connectivity index (χ1v) is 9.45. The number of nitrogens with zero attached hydrogens (tertiary/aromatic N) is 3. The molecule has 1 atom stereocenters. The monoisotopic (exact) mass is 484 g/mol. The Kier molecular flexibility index (Phi) is 5.70. The number of aromatic nitrogens is 2. The zero-order valence-electron chi connectivity index (χ0n) is 14.3. The Balaban J connectivity index is 2.27. The summed E-state index contributed by atoms with van der Waals surface area (Å²) in [6, 6.07) is 5.24. The first-order chi connectivity index (χ1) is 13.9. The lowest BCUT2D eigenvalue weighted by Crippen LogP contribution is -2.22. The van der Waals surface area contributed by atoms with Gasteiger partial charge in [0.2, 0.25) is 0 Å². The lowest BCUT2D eigenvalue weighted by Gasteiger charge is -2.19. The van der Waals surface area contributed by atoms with Crippen LogP contribution in [0.25, 0.3) is 5.69 Å². The predicted molar refractivity (Wildman–Crippen MR) is 99.9 cm³/mol. The molecule has 3 aromatic rings. The third-order valence-corrected chi connectivity index (χ3v) is 5.58. The van der Waals surface area contributed by atoms with E-state index in [1.54, 1.807) is 6.07 Å². The topological polar surface area (TPSA) is 67.6 Å². The van der Waals surface area contributed by atoms with Crippen LogP contribution >= 0.6 is 34.5 Å². The van der Waals surface area contributed by atoms with Gasteiger partial charge < -0.3 is 5.73 Å². The molecule has 4 nitrogen and oxygen atoms in total. The molecule has 0 aliphatic heterocycles. The van der Waals surface area contributed by atoms with E-state index in [2.05, 4.69) is 5.10 Å². The molecule has 2 heterocycles. The molecule has 0 radical (unpaired) electrons. The number of thiophene rings is 1. The summed E-state index contributed by atoms with van der Waals surface area (Å²) in [6.45, 7) is 0. The summed E-state index contributed by atoms with van der Waals surface area (Å²) in [5.74, 6) is -2.89. The average molecular weight is 485 g/mol. The van der Waals surface area contributed by atoms with Gasteiger partial charge in [-0.2, -0.15) is 36.7 Å². The molecular weight excluding hydrogens is 477 g/mol. The normalized spacial score (nSPS) is 13.3. The Bertz CT molecular complexity index is 1110. The Morgan fingerprint density at radius 2 is 1.73 bits per heavy atom. The smallest absolute Gasteiger partial charge is 0.383 e. The molecule has 158 valence electrons. The Morgan fingerprint density at radius 1 is 1.13 bits per heavy atom. The van der Waals surface area contributed by atoms with Gasteiger partial charge in [-0.25, -0.2) is 4.68 Å². The van der Waals surface area contributed by atoms with Gasteiger partial charge >= 0.3 is 12.4 Å². The molecule has 0 aliphatic carbocycles. The van der Waals surface area contributed by atoms with Crippen LogP contribution in [0.2, 0.25) is 10.0 Å². The minimum Gasteiger partial charge on any atom is -0.383 e. The highest BCUT2D eigenvalue weighted by Crippen LogP contribution is 2.46. The third-order valence-electron chi connectivity index (χ3n) is 4.06. The maximum absolute atomic E-state index is 13.8. The quantitative estimate of drug-likeness (QED) is 0.436. The van der Waals surface area contributed by atoms with Crippen molar-refractivity contribution in [3.63, 3.8) is 0 Å². The molecule has 0 spiro atoms. The molecule has 2 aromatic heterocycles. The van der Waals surface area contributed by atoms with Crippen molar-refractivity contribution in [2.45, 2.75) is 18.3 Å².